The minimum absolute atomic E-state index is 0.0421. The van der Waals surface area contributed by atoms with Crippen molar-refractivity contribution >= 4 is 25.9 Å². The lowest BCUT2D eigenvalue weighted by atomic mass is 9.97. The third-order valence-corrected chi connectivity index (χ3v) is 11.4. The van der Waals surface area contributed by atoms with Crippen LogP contribution in [-0.2, 0) is 26.8 Å². The van der Waals surface area contributed by atoms with E-state index >= 15 is 0 Å². The van der Waals surface area contributed by atoms with Crippen LogP contribution in [-0.4, -0.2) is 44.9 Å². The largest absolute Gasteiger partial charge is 0.467 e. The summed E-state index contributed by atoms with van der Waals surface area (Å²) in [6.45, 7) is 13.5. The van der Waals surface area contributed by atoms with Gasteiger partial charge in [-0.3, -0.25) is 14.9 Å². The summed E-state index contributed by atoms with van der Waals surface area (Å²) in [6, 6.07) is 10.7. The second-order valence-corrected chi connectivity index (χ2v) is 15.3. The van der Waals surface area contributed by atoms with Crippen molar-refractivity contribution in [3.05, 3.63) is 74.8 Å². The average Bonchev–Trinajstić information content (AvgIpc) is 2.80. The summed E-state index contributed by atoms with van der Waals surface area (Å²) in [4.78, 5) is 36.2. The van der Waals surface area contributed by atoms with E-state index in [1.807, 2.05) is 25.1 Å². The predicted octanol–water partition coefficient (Wildman–Crippen LogP) is 5.37. The number of nitrogens with one attached hydrogen (secondary N) is 1. The van der Waals surface area contributed by atoms with Crippen molar-refractivity contribution in [3.8, 4) is 0 Å². The number of rotatable bonds is 11. The van der Waals surface area contributed by atoms with E-state index in [0.717, 1.165) is 17.5 Å². The molecular formula is C27H38N2O6Si. The minimum Gasteiger partial charge on any atom is -0.467 e. The number of ether oxygens (including phenoxy) is 1. The molecule has 1 N–H and O–H groups in total. The van der Waals surface area contributed by atoms with Crippen molar-refractivity contribution in [1.29, 1.82) is 0 Å². The minimum atomic E-state index is -1.84. The zero-order chi connectivity index (χ0) is 27.1. The normalized spacial score (nSPS) is 12.6. The molecule has 1 amide bonds. The van der Waals surface area contributed by atoms with Crippen LogP contribution >= 0.6 is 0 Å². The van der Waals surface area contributed by atoms with Gasteiger partial charge in [0.25, 0.3) is 11.6 Å². The molecule has 0 unspecified atom stereocenters. The van der Waals surface area contributed by atoms with E-state index in [1.165, 1.54) is 19.2 Å². The number of nitro groups is 1. The monoisotopic (exact) mass is 514 g/mol. The molecule has 2 aromatic rings. The van der Waals surface area contributed by atoms with Crippen LogP contribution in [0.5, 0.6) is 0 Å². The number of nitro benzene ring substituents is 1. The summed E-state index contributed by atoms with van der Waals surface area (Å²) in [5, 5.41) is 13.9. The topological polar surface area (TPSA) is 108 Å². The van der Waals surface area contributed by atoms with Crippen LogP contribution in [0.4, 0.5) is 5.69 Å². The summed E-state index contributed by atoms with van der Waals surface area (Å²) in [6.07, 6.45) is 1.60. The van der Waals surface area contributed by atoms with Crippen LogP contribution in [0.1, 0.15) is 54.2 Å². The molecule has 0 aromatic heterocycles. The highest BCUT2D eigenvalue weighted by Gasteiger charge is 2.36. The van der Waals surface area contributed by atoms with E-state index in [-0.39, 0.29) is 23.1 Å². The lowest BCUT2D eigenvalue weighted by Crippen LogP contribution is -2.43. The first-order valence-electron chi connectivity index (χ1n) is 12.1. The van der Waals surface area contributed by atoms with Crippen molar-refractivity contribution in [2.45, 2.75) is 71.1 Å². The van der Waals surface area contributed by atoms with Crippen molar-refractivity contribution in [1.82, 2.24) is 5.32 Å². The van der Waals surface area contributed by atoms with E-state index in [1.54, 1.807) is 12.1 Å². The van der Waals surface area contributed by atoms with Gasteiger partial charge in [0.05, 0.1) is 12.0 Å². The highest BCUT2D eigenvalue weighted by Crippen LogP contribution is 2.36. The van der Waals surface area contributed by atoms with Gasteiger partial charge in [-0.05, 0) is 54.6 Å². The quantitative estimate of drug-likeness (QED) is 0.142. The van der Waals surface area contributed by atoms with Gasteiger partial charge in [0.15, 0.2) is 8.32 Å². The van der Waals surface area contributed by atoms with Crippen LogP contribution in [0.3, 0.4) is 0 Å². The molecule has 0 saturated carbocycles. The zero-order valence-electron chi connectivity index (χ0n) is 22.3. The Morgan fingerprint density at radius 1 is 1.11 bits per heavy atom. The number of benzene rings is 2. The van der Waals surface area contributed by atoms with Crippen LogP contribution in [0, 0.1) is 17.0 Å². The summed E-state index contributed by atoms with van der Waals surface area (Å²) < 4.78 is 11.2. The maximum absolute atomic E-state index is 13.3. The number of hydrogen-bond acceptors (Lipinski definition) is 6. The van der Waals surface area contributed by atoms with Gasteiger partial charge in [-0.15, -0.1) is 0 Å². The molecule has 0 fully saturated rings. The van der Waals surface area contributed by atoms with E-state index in [2.05, 4.69) is 39.2 Å². The van der Waals surface area contributed by atoms with Gasteiger partial charge >= 0.3 is 5.97 Å². The van der Waals surface area contributed by atoms with Crippen LogP contribution in [0.15, 0.2) is 42.5 Å². The fraction of sp³-hybridized carbons (Fsp3) is 0.481. The van der Waals surface area contributed by atoms with E-state index in [4.69, 9.17) is 9.16 Å². The Morgan fingerprint density at radius 3 is 2.31 bits per heavy atom. The van der Waals surface area contributed by atoms with Gasteiger partial charge in [-0.2, -0.15) is 0 Å². The van der Waals surface area contributed by atoms with Gasteiger partial charge in [0.2, 0.25) is 0 Å². The third-order valence-electron chi connectivity index (χ3n) is 6.82. The van der Waals surface area contributed by atoms with Crippen molar-refractivity contribution in [3.63, 3.8) is 0 Å². The predicted molar refractivity (Wildman–Crippen MR) is 143 cm³/mol. The first-order valence-corrected chi connectivity index (χ1v) is 15.0. The Morgan fingerprint density at radius 2 is 1.75 bits per heavy atom. The SMILES string of the molecule is COC(=O)[C@H](Cc1ccc([N+](=O)[O-])cc1)NC(=O)c1c(C)cccc1CCCO[Si](C)(C)C(C)(C)C. The number of methoxy groups -OCH3 is 1. The number of non-ortho nitro benzene ring substituents is 1. The molecular weight excluding hydrogens is 476 g/mol. The van der Waals surface area contributed by atoms with E-state index in [0.29, 0.717) is 24.2 Å². The molecule has 0 spiro atoms. The maximum Gasteiger partial charge on any atom is 0.328 e. The number of amides is 1. The first-order chi connectivity index (χ1) is 16.8. The lowest BCUT2D eigenvalue weighted by molar-refractivity contribution is -0.384. The number of aryl methyl sites for hydroxylation is 2. The fourth-order valence-corrected chi connectivity index (χ4v) is 4.71. The molecule has 0 aliphatic rings. The van der Waals surface area contributed by atoms with E-state index in [9.17, 15) is 19.7 Å². The maximum atomic E-state index is 13.3. The molecule has 1 atom stereocenters. The number of esters is 1. The molecule has 2 aromatic carbocycles. The third kappa shape index (κ3) is 7.73. The van der Waals surface area contributed by atoms with Crippen LogP contribution < -0.4 is 5.32 Å². The van der Waals surface area contributed by atoms with Crippen LogP contribution in [0.2, 0.25) is 18.1 Å². The van der Waals surface area contributed by atoms with Crippen molar-refractivity contribution in [2.75, 3.05) is 13.7 Å². The number of nitrogens with zero attached hydrogens (tertiary/aromatic N) is 1. The smallest absolute Gasteiger partial charge is 0.328 e. The summed E-state index contributed by atoms with van der Waals surface area (Å²) in [7, 11) is -0.580. The van der Waals surface area contributed by atoms with Crippen molar-refractivity contribution < 1.29 is 23.7 Å². The van der Waals surface area contributed by atoms with Gasteiger partial charge in [-0.25, -0.2) is 4.79 Å². The Balaban J connectivity index is 2.14. The number of carbonyl (C=O) groups is 2. The van der Waals surface area contributed by atoms with Crippen molar-refractivity contribution in [2.24, 2.45) is 0 Å². The summed E-state index contributed by atoms with van der Waals surface area (Å²) in [5.41, 5.74) is 2.88. The number of hydrogen-bond donors (Lipinski definition) is 1. The Kier molecular flexibility index (Phi) is 9.95. The molecule has 36 heavy (non-hydrogen) atoms. The molecule has 196 valence electrons. The highest BCUT2D eigenvalue weighted by molar-refractivity contribution is 6.74. The highest BCUT2D eigenvalue weighted by atomic mass is 28.4. The average molecular weight is 515 g/mol. The van der Waals surface area contributed by atoms with Gasteiger partial charge in [0, 0.05) is 30.7 Å². The second kappa shape index (κ2) is 12.3. The fourth-order valence-electron chi connectivity index (χ4n) is 3.62. The Hall–Kier alpha value is -3.04. The molecule has 0 aliphatic heterocycles. The number of carbonyl (C=O) groups excluding carboxylic acids is 2. The molecule has 2 rings (SSSR count). The van der Waals surface area contributed by atoms with Gasteiger partial charge < -0.3 is 14.5 Å². The summed E-state index contributed by atoms with van der Waals surface area (Å²) in [5.74, 6) is -0.940. The summed E-state index contributed by atoms with van der Waals surface area (Å²) >= 11 is 0. The molecule has 0 radical (unpaired) electrons. The van der Waals surface area contributed by atoms with Gasteiger partial charge in [0.1, 0.15) is 6.04 Å². The molecule has 9 heteroatoms. The van der Waals surface area contributed by atoms with Gasteiger partial charge in [-0.1, -0.05) is 51.1 Å². The first kappa shape index (κ1) is 29.2. The standard InChI is InChI=1S/C27H38N2O6Si/c1-19-10-8-11-21(12-9-17-35-36(6,7)27(2,3)4)24(19)25(30)28-23(26(31)34-5)18-20-13-15-22(16-14-20)29(32)33/h8,10-11,13-16,23H,9,12,17-18H2,1-7H3,(H,28,30)/t23-/m0/s1. The molecule has 0 heterocycles. The van der Waals surface area contributed by atoms with E-state index < -0.39 is 25.3 Å². The Labute approximate surface area is 214 Å². The molecule has 0 bridgehead atoms. The second-order valence-electron chi connectivity index (χ2n) is 10.5. The van der Waals surface area contributed by atoms with Crippen LogP contribution in [0.25, 0.3) is 0 Å². The molecule has 8 nitrogen and oxygen atoms in total. The lowest BCUT2D eigenvalue weighted by Gasteiger charge is -2.36. The molecule has 0 saturated heterocycles. The molecule has 0 aliphatic carbocycles. The Bertz CT molecular complexity index is 1080. The zero-order valence-corrected chi connectivity index (χ0v) is 23.3.